The average Bonchev–Trinajstić information content (AvgIpc) is 2.53. The van der Waals surface area contributed by atoms with E-state index in [0.29, 0.717) is 43.1 Å². The normalized spacial score (nSPS) is 16.0. The van der Waals surface area contributed by atoms with Crippen molar-refractivity contribution in [3.05, 3.63) is 18.2 Å². The molecule has 1 saturated heterocycles. The van der Waals surface area contributed by atoms with E-state index in [1.54, 1.807) is 23.1 Å². The van der Waals surface area contributed by atoms with E-state index in [1.807, 2.05) is 0 Å². The monoisotopic (exact) mass is 342 g/mol. The Hall–Kier alpha value is -1.96. The Kier molecular flexibility index (Phi) is 5.35. The van der Waals surface area contributed by atoms with Crippen LogP contribution in [0, 0.1) is 0 Å². The molecule has 0 radical (unpaired) electrons. The standard InChI is InChI=1S/C15H22N2O5S/c1-21-12-8-11(9-13(10-12)22-2)16-15(18)17-6-4-14(5-7-17)23(3,19)20/h8-10,14H,4-7H2,1-3H3,(H,16,18). The van der Waals surface area contributed by atoms with Crippen LogP contribution in [0.2, 0.25) is 0 Å². The number of amides is 2. The summed E-state index contributed by atoms with van der Waals surface area (Å²) in [6.07, 6.45) is 2.18. The molecule has 1 N–H and O–H groups in total. The first-order chi connectivity index (χ1) is 10.8. The van der Waals surface area contributed by atoms with Crippen LogP contribution in [0.4, 0.5) is 10.5 Å². The number of rotatable bonds is 4. The molecule has 1 aromatic carbocycles. The van der Waals surface area contributed by atoms with Gasteiger partial charge in [-0.15, -0.1) is 0 Å². The number of hydrogen-bond acceptors (Lipinski definition) is 5. The van der Waals surface area contributed by atoms with Gasteiger partial charge in [0.1, 0.15) is 21.3 Å². The number of methoxy groups -OCH3 is 2. The summed E-state index contributed by atoms with van der Waals surface area (Å²) >= 11 is 0. The molecule has 0 saturated carbocycles. The second-order valence-electron chi connectivity index (χ2n) is 5.55. The lowest BCUT2D eigenvalue weighted by Gasteiger charge is -2.31. The smallest absolute Gasteiger partial charge is 0.321 e. The van der Waals surface area contributed by atoms with E-state index in [1.165, 1.54) is 20.5 Å². The molecule has 23 heavy (non-hydrogen) atoms. The summed E-state index contributed by atoms with van der Waals surface area (Å²) in [5.41, 5.74) is 0.566. The molecule has 0 atom stereocenters. The summed E-state index contributed by atoms with van der Waals surface area (Å²) in [6, 6.07) is 4.85. The highest BCUT2D eigenvalue weighted by Crippen LogP contribution is 2.26. The highest BCUT2D eigenvalue weighted by atomic mass is 32.2. The SMILES string of the molecule is COc1cc(NC(=O)N2CCC(S(C)(=O)=O)CC2)cc(OC)c1. The molecule has 0 aliphatic carbocycles. The molecule has 0 bridgehead atoms. The van der Waals surface area contributed by atoms with Gasteiger partial charge in [0.25, 0.3) is 0 Å². The van der Waals surface area contributed by atoms with Crippen molar-refractivity contribution in [3.8, 4) is 11.5 Å². The fraction of sp³-hybridized carbons (Fsp3) is 0.533. The van der Waals surface area contributed by atoms with Gasteiger partial charge in [-0.2, -0.15) is 0 Å². The number of hydrogen-bond donors (Lipinski definition) is 1. The number of carbonyl (C=O) groups excluding carboxylic acids is 1. The number of ether oxygens (including phenoxy) is 2. The van der Waals surface area contributed by atoms with E-state index < -0.39 is 9.84 Å². The lowest BCUT2D eigenvalue weighted by Crippen LogP contribution is -2.44. The van der Waals surface area contributed by atoms with E-state index in [-0.39, 0.29) is 11.3 Å². The van der Waals surface area contributed by atoms with Gasteiger partial charge in [-0.25, -0.2) is 13.2 Å². The number of carbonyl (C=O) groups is 1. The minimum Gasteiger partial charge on any atom is -0.497 e. The molecular weight excluding hydrogens is 320 g/mol. The quantitative estimate of drug-likeness (QED) is 0.901. The van der Waals surface area contributed by atoms with Crippen molar-refractivity contribution in [2.45, 2.75) is 18.1 Å². The molecule has 1 aliphatic rings. The zero-order chi connectivity index (χ0) is 17.0. The summed E-state index contributed by atoms with van der Waals surface area (Å²) in [5, 5.41) is 2.43. The third-order valence-electron chi connectivity index (χ3n) is 3.94. The first-order valence-electron chi connectivity index (χ1n) is 7.31. The lowest BCUT2D eigenvalue weighted by atomic mass is 10.1. The number of nitrogens with one attached hydrogen (secondary N) is 1. The van der Waals surface area contributed by atoms with Crippen LogP contribution >= 0.6 is 0 Å². The lowest BCUT2D eigenvalue weighted by molar-refractivity contribution is 0.200. The van der Waals surface area contributed by atoms with Crippen LogP contribution in [0.1, 0.15) is 12.8 Å². The molecule has 8 heteroatoms. The van der Waals surface area contributed by atoms with Crippen molar-refractivity contribution >= 4 is 21.6 Å². The predicted octanol–water partition coefficient (Wildman–Crippen LogP) is 1.74. The Balaban J connectivity index is 2.00. The van der Waals surface area contributed by atoms with Crippen molar-refractivity contribution in [2.75, 3.05) is 38.9 Å². The minimum absolute atomic E-state index is 0.257. The van der Waals surface area contributed by atoms with Crippen LogP contribution in [-0.4, -0.2) is 58.2 Å². The van der Waals surface area contributed by atoms with Crippen molar-refractivity contribution < 1.29 is 22.7 Å². The number of anilines is 1. The molecule has 2 rings (SSSR count). The molecule has 1 aliphatic heterocycles. The molecule has 0 spiro atoms. The molecule has 0 aromatic heterocycles. The number of piperidine rings is 1. The van der Waals surface area contributed by atoms with Gasteiger partial charge in [-0.3, -0.25) is 0 Å². The van der Waals surface area contributed by atoms with Gasteiger partial charge in [-0.05, 0) is 12.8 Å². The van der Waals surface area contributed by atoms with Gasteiger partial charge in [0.05, 0.1) is 19.5 Å². The maximum atomic E-state index is 12.3. The Morgan fingerprint density at radius 1 is 1.13 bits per heavy atom. The number of nitrogens with zero attached hydrogens (tertiary/aromatic N) is 1. The van der Waals surface area contributed by atoms with Gasteiger partial charge < -0.3 is 19.7 Å². The molecule has 1 heterocycles. The van der Waals surface area contributed by atoms with Crippen LogP contribution in [-0.2, 0) is 9.84 Å². The van der Waals surface area contributed by atoms with Crippen LogP contribution in [0.5, 0.6) is 11.5 Å². The van der Waals surface area contributed by atoms with Crippen molar-refractivity contribution in [3.63, 3.8) is 0 Å². The average molecular weight is 342 g/mol. The molecular formula is C15H22N2O5S. The number of urea groups is 1. The Labute approximate surface area is 136 Å². The summed E-state index contributed by atoms with van der Waals surface area (Å²) in [6.45, 7) is 0.843. The second kappa shape index (κ2) is 7.08. The van der Waals surface area contributed by atoms with Crippen molar-refractivity contribution in [1.29, 1.82) is 0 Å². The fourth-order valence-corrected chi connectivity index (χ4v) is 3.64. The van der Waals surface area contributed by atoms with Gasteiger partial charge in [0.15, 0.2) is 0 Å². The summed E-state index contributed by atoms with van der Waals surface area (Å²) < 4.78 is 33.4. The van der Waals surface area contributed by atoms with Crippen LogP contribution in [0.3, 0.4) is 0 Å². The second-order valence-corrected chi connectivity index (χ2v) is 7.87. The molecule has 7 nitrogen and oxygen atoms in total. The van der Waals surface area contributed by atoms with E-state index >= 15 is 0 Å². The van der Waals surface area contributed by atoms with Gasteiger partial charge in [0.2, 0.25) is 0 Å². The van der Waals surface area contributed by atoms with E-state index in [2.05, 4.69) is 5.32 Å². The largest absolute Gasteiger partial charge is 0.497 e. The summed E-state index contributed by atoms with van der Waals surface area (Å²) in [5.74, 6) is 1.16. The van der Waals surface area contributed by atoms with Crippen LogP contribution < -0.4 is 14.8 Å². The maximum Gasteiger partial charge on any atom is 0.321 e. The third-order valence-corrected chi connectivity index (χ3v) is 5.62. The Bertz CT molecular complexity index is 644. The van der Waals surface area contributed by atoms with Crippen molar-refractivity contribution in [1.82, 2.24) is 4.90 Å². The van der Waals surface area contributed by atoms with Crippen LogP contribution in [0.25, 0.3) is 0 Å². The van der Waals surface area contributed by atoms with Crippen LogP contribution in [0.15, 0.2) is 18.2 Å². The molecule has 0 unspecified atom stereocenters. The van der Waals surface area contributed by atoms with E-state index in [0.717, 1.165) is 0 Å². The first kappa shape index (κ1) is 17.4. The third kappa shape index (κ3) is 4.51. The fourth-order valence-electron chi connectivity index (χ4n) is 2.57. The van der Waals surface area contributed by atoms with E-state index in [9.17, 15) is 13.2 Å². The van der Waals surface area contributed by atoms with Gasteiger partial charge in [0, 0.05) is 43.2 Å². The van der Waals surface area contributed by atoms with Gasteiger partial charge in [-0.1, -0.05) is 0 Å². The van der Waals surface area contributed by atoms with Gasteiger partial charge >= 0.3 is 6.03 Å². The minimum atomic E-state index is -3.04. The highest BCUT2D eigenvalue weighted by molar-refractivity contribution is 7.91. The zero-order valence-corrected chi connectivity index (χ0v) is 14.4. The zero-order valence-electron chi connectivity index (χ0n) is 13.5. The molecule has 2 amide bonds. The number of benzene rings is 1. The molecule has 128 valence electrons. The van der Waals surface area contributed by atoms with E-state index in [4.69, 9.17) is 9.47 Å². The summed E-state index contributed by atoms with van der Waals surface area (Å²) in [4.78, 5) is 13.9. The number of likely N-dealkylation sites (tertiary alicyclic amines) is 1. The number of sulfone groups is 1. The maximum absolute atomic E-state index is 12.3. The Morgan fingerprint density at radius 2 is 1.65 bits per heavy atom. The Morgan fingerprint density at radius 3 is 2.09 bits per heavy atom. The first-order valence-corrected chi connectivity index (χ1v) is 9.27. The topological polar surface area (TPSA) is 84.9 Å². The molecule has 1 fully saturated rings. The predicted molar refractivity (Wildman–Crippen MR) is 88.0 cm³/mol. The summed E-state index contributed by atoms with van der Waals surface area (Å²) in [7, 11) is 0.0327. The molecule has 1 aromatic rings. The highest BCUT2D eigenvalue weighted by Gasteiger charge is 2.28. The van der Waals surface area contributed by atoms with Crippen molar-refractivity contribution in [2.24, 2.45) is 0 Å².